The number of hydrogen-bond donors (Lipinski definition) is 3. The fourth-order valence-electron chi connectivity index (χ4n) is 4.48. The summed E-state index contributed by atoms with van der Waals surface area (Å²) < 4.78 is 49.3. The number of carbonyl (C=O) groups is 2. The summed E-state index contributed by atoms with van der Waals surface area (Å²) in [7, 11) is 0. The van der Waals surface area contributed by atoms with Gasteiger partial charge in [0.15, 0.2) is 17.2 Å². The SMILES string of the molecule is C=CCn1cc(-c2cnc3c(Nc4ccc(C(=O)N[C@H](C)CNC(=O)OC(C)(C)C)c(CC)c4)nccn23)c(C(F)(F)F)n1. The van der Waals surface area contributed by atoms with Gasteiger partial charge in [-0.2, -0.15) is 18.3 Å². The molecular formula is C30H35F3N8O3. The Morgan fingerprint density at radius 2 is 1.93 bits per heavy atom. The zero-order valence-corrected chi connectivity index (χ0v) is 25.1. The number of aryl methyl sites for hydroxylation is 1. The average molecular weight is 613 g/mol. The van der Waals surface area contributed by atoms with E-state index in [1.165, 1.54) is 39.9 Å². The van der Waals surface area contributed by atoms with Gasteiger partial charge in [-0.05, 0) is 57.9 Å². The van der Waals surface area contributed by atoms with Crippen molar-refractivity contribution in [3.05, 3.63) is 72.5 Å². The molecule has 0 bridgehead atoms. The molecule has 4 aromatic rings. The molecule has 3 N–H and O–H groups in total. The minimum atomic E-state index is -4.67. The quantitative estimate of drug-likeness (QED) is 0.195. The van der Waals surface area contributed by atoms with E-state index in [0.29, 0.717) is 29.1 Å². The molecule has 0 saturated heterocycles. The number of anilines is 2. The fourth-order valence-corrected chi connectivity index (χ4v) is 4.48. The van der Waals surface area contributed by atoms with Crippen molar-refractivity contribution in [1.82, 2.24) is 34.8 Å². The van der Waals surface area contributed by atoms with Gasteiger partial charge < -0.3 is 20.7 Å². The van der Waals surface area contributed by atoms with Crippen LogP contribution in [0.4, 0.5) is 29.5 Å². The maximum atomic E-state index is 13.8. The van der Waals surface area contributed by atoms with Gasteiger partial charge in [0, 0.05) is 42.4 Å². The highest BCUT2D eigenvalue weighted by Crippen LogP contribution is 2.37. The Labute approximate surface area is 252 Å². The van der Waals surface area contributed by atoms with E-state index in [-0.39, 0.29) is 36.3 Å². The second kappa shape index (κ2) is 12.8. The van der Waals surface area contributed by atoms with Crippen LogP contribution in [0.2, 0.25) is 0 Å². The predicted octanol–water partition coefficient (Wildman–Crippen LogP) is 5.75. The maximum Gasteiger partial charge on any atom is 0.435 e. The molecule has 0 aliphatic rings. The number of amides is 2. The van der Waals surface area contributed by atoms with E-state index in [9.17, 15) is 22.8 Å². The smallest absolute Gasteiger partial charge is 0.435 e. The van der Waals surface area contributed by atoms with E-state index in [4.69, 9.17) is 4.74 Å². The highest BCUT2D eigenvalue weighted by molar-refractivity contribution is 5.96. The van der Waals surface area contributed by atoms with Gasteiger partial charge in [-0.3, -0.25) is 13.9 Å². The molecular weight excluding hydrogens is 577 g/mol. The summed E-state index contributed by atoms with van der Waals surface area (Å²) in [5.41, 5.74) is 0.552. The van der Waals surface area contributed by atoms with Gasteiger partial charge in [-0.25, -0.2) is 14.8 Å². The van der Waals surface area contributed by atoms with Gasteiger partial charge in [0.2, 0.25) is 0 Å². The van der Waals surface area contributed by atoms with Crippen molar-refractivity contribution in [2.24, 2.45) is 0 Å². The first-order valence-electron chi connectivity index (χ1n) is 14.0. The molecule has 1 aromatic carbocycles. The molecule has 0 aliphatic heterocycles. The molecule has 14 heteroatoms. The van der Waals surface area contributed by atoms with Crippen molar-refractivity contribution >= 4 is 29.2 Å². The van der Waals surface area contributed by atoms with Crippen LogP contribution < -0.4 is 16.0 Å². The lowest BCUT2D eigenvalue weighted by molar-refractivity contribution is -0.141. The van der Waals surface area contributed by atoms with Crippen LogP contribution in [0.5, 0.6) is 0 Å². The molecule has 3 heterocycles. The summed E-state index contributed by atoms with van der Waals surface area (Å²) in [5, 5.41) is 12.4. The zero-order chi connectivity index (χ0) is 32.2. The molecule has 0 saturated carbocycles. The number of alkyl carbamates (subject to hydrolysis) is 1. The van der Waals surface area contributed by atoms with Crippen molar-refractivity contribution in [3.8, 4) is 11.3 Å². The molecule has 234 valence electrons. The number of benzene rings is 1. The van der Waals surface area contributed by atoms with Crippen LogP contribution in [0.1, 0.15) is 56.2 Å². The Hall–Kier alpha value is -4.88. The number of nitrogens with one attached hydrogen (secondary N) is 3. The van der Waals surface area contributed by atoms with Gasteiger partial charge in [-0.1, -0.05) is 13.0 Å². The number of allylic oxidation sites excluding steroid dienone is 1. The lowest BCUT2D eigenvalue weighted by Gasteiger charge is -2.21. The average Bonchev–Trinajstić information content (AvgIpc) is 3.56. The minimum Gasteiger partial charge on any atom is -0.444 e. The standard InChI is InChI=1S/C30H35F3N8O3/c1-7-12-40-17-22(24(39-40)30(31,32)33)23-16-35-26-25(34-11-13-41(23)26)38-20-9-10-21(19(8-2)14-20)27(42)37-18(3)15-36-28(43)44-29(4,5)6/h7,9-11,13-14,16-18H,1,8,12,15H2,2-6H3,(H,34,38)(H,36,43)(H,37,42)/t18-/m1/s1. The summed E-state index contributed by atoms with van der Waals surface area (Å²) >= 11 is 0. The normalized spacial score (nSPS) is 12.5. The van der Waals surface area contributed by atoms with E-state index in [1.807, 2.05) is 6.92 Å². The third-order valence-corrected chi connectivity index (χ3v) is 6.37. The number of imidazole rings is 1. The van der Waals surface area contributed by atoms with Crippen molar-refractivity contribution in [2.75, 3.05) is 11.9 Å². The van der Waals surface area contributed by atoms with Crippen molar-refractivity contribution in [2.45, 2.75) is 65.4 Å². The summed E-state index contributed by atoms with van der Waals surface area (Å²) in [6, 6.07) is 4.81. The highest BCUT2D eigenvalue weighted by Gasteiger charge is 2.38. The fraction of sp³-hybridized carbons (Fsp3) is 0.367. The Bertz CT molecular complexity index is 1670. The van der Waals surface area contributed by atoms with Gasteiger partial charge in [0.25, 0.3) is 5.91 Å². The monoisotopic (exact) mass is 612 g/mol. The van der Waals surface area contributed by atoms with E-state index < -0.39 is 23.6 Å². The second-order valence-corrected chi connectivity index (χ2v) is 11.1. The number of ether oxygens (including phenoxy) is 1. The summed E-state index contributed by atoms with van der Waals surface area (Å²) in [6.07, 6.45) is 2.40. The number of rotatable bonds is 10. The number of hydrogen-bond acceptors (Lipinski definition) is 7. The largest absolute Gasteiger partial charge is 0.444 e. The third kappa shape index (κ3) is 7.54. The third-order valence-electron chi connectivity index (χ3n) is 6.37. The van der Waals surface area contributed by atoms with Gasteiger partial charge in [0.05, 0.1) is 24.0 Å². The number of alkyl halides is 3. The summed E-state index contributed by atoms with van der Waals surface area (Å²) in [4.78, 5) is 33.7. The van der Waals surface area contributed by atoms with Crippen LogP contribution in [-0.4, -0.2) is 54.3 Å². The van der Waals surface area contributed by atoms with E-state index in [1.54, 1.807) is 45.9 Å². The minimum absolute atomic E-state index is 0.115. The van der Waals surface area contributed by atoms with E-state index in [0.717, 1.165) is 5.56 Å². The molecule has 0 unspecified atom stereocenters. The molecule has 0 aliphatic carbocycles. The highest BCUT2D eigenvalue weighted by atomic mass is 19.4. The van der Waals surface area contributed by atoms with E-state index >= 15 is 0 Å². The first kappa shape index (κ1) is 32.0. The van der Waals surface area contributed by atoms with Gasteiger partial charge in [-0.15, -0.1) is 6.58 Å². The van der Waals surface area contributed by atoms with E-state index in [2.05, 4.69) is 37.6 Å². The number of aromatic nitrogens is 5. The van der Waals surface area contributed by atoms with Crippen LogP contribution in [0.15, 0.2) is 55.6 Å². The predicted molar refractivity (Wildman–Crippen MR) is 160 cm³/mol. The molecule has 44 heavy (non-hydrogen) atoms. The summed E-state index contributed by atoms with van der Waals surface area (Å²) in [6.45, 7) is 12.8. The van der Waals surface area contributed by atoms with Crippen molar-refractivity contribution in [3.63, 3.8) is 0 Å². The first-order valence-corrected chi connectivity index (χ1v) is 14.0. The van der Waals surface area contributed by atoms with Crippen LogP contribution in [-0.2, 0) is 23.9 Å². The van der Waals surface area contributed by atoms with Crippen molar-refractivity contribution < 1.29 is 27.5 Å². The lowest BCUT2D eigenvalue weighted by Crippen LogP contribution is -2.43. The molecule has 11 nitrogen and oxygen atoms in total. The molecule has 1 atom stereocenters. The topological polar surface area (TPSA) is 127 Å². The summed E-state index contributed by atoms with van der Waals surface area (Å²) in [5.74, 6) is 0.00868. The Morgan fingerprint density at radius 1 is 1.18 bits per heavy atom. The van der Waals surface area contributed by atoms with Crippen LogP contribution in [0.3, 0.4) is 0 Å². The Balaban J connectivity index is 1.53. The number of halogens is 3. The van der Waals surface area contributed by atoms with Gasteiger partial charge in [0.1, 0.15) is 5.60 Å². The number of carbonyl (C=O) groups excluding carboxylic acids is 2. The molecule has 4 rings (SSSR count). The van der Waals surface area contributed by atoms with Gasteiger partial charge >= 0.3 is 12.3 Å². The first-order chi connectivity index (χ1) is 20.7. The molecule has 0 radical (unpaired) electrons. The molecule has 3 aromatic heterocycles. The maximum absolute atomic E-state index is 13.8. The molecule has 0 fully saturated rings. The molecule has 2 amide bonds. The zero-order valence-electron chi connectivity index (χ0n) is 25.1. The molecule has 0 spiro atoms. The number of nitrogens with zero attached hydrogens (tertiary/aromatic N) is 5. The Kier molecular flexibility index (Phi) is 9.30. The second-order valence-electron chi connectivity index (χ2n) is 11.1. The van der Waals surface area contributed by atoms with Crippen molar-refractivity contribution in [1.29, 1.82) is 0 Å². The number of fused-ring (bicyclic) bond motifs is 1. The lowest BCUT2D eigenvalue weighted by atomic mass is 10.0. The van der Waals surface area contributed by atoms with Crippen LogP contribution in [0, 0.1) is 0 Å². The Morgan fingerprint density at radius 3 is 2.59 bits per heavy atom. The van der Waals surface area contributed by atoms with Crippen LogP contribution in [0.25, 0.3) is 16.9 Å². The van der Waals surface area contributed by atoms with Crippen LogP contribution >= 0.6 is 0 Å².